The number of hydrogen-bond donors (Lipinski definition) is 1. The Labute approximate surface area is 115 Å². The van der Waals surface area contributed by atoms with E-state index in [2.05, 4.69) is 0 Å². The smallest absolute Gasteiger partial charge is 0.323 e. The van der Waals surface area contributed by atoms with Crippen LogP contribution in [0.25, 0.3) is 0 Å². The predicted molar refractivity (Wildman–Crippen MR) is 69.3 cm³/mol. The Hall–Kier alpha value is -1.20. The van der Waals surface area contributed by atoms with Gasteiger partial charge in [0.05, 0.1) is 5.02 Å². The number of carbonyl (C=O) groups is 2. The van der Waals surface area contributed by atoms with Gasteiger partial charge in [0.25, 0.3) is 5.91 Å². The predicted octanol–water partition coefficient (Wildman–Crippen LogP) is 2.27. The first-order valence-corrected chi connectivity index (χ1v) is 6.15. The number of carboxylic acid groups (broad SMARTS) is 1. The molecule has 1 rings (SSSR count). The minimum atomic E-state index is -1.05. The van der Waals surface area contributed by atoms with Crippen LogP contribution in [-0.2, 0) is 11.8 Å². The van der Waals surface area contributed by atoms with Gasteiger partial charge in [0.15, 0.2) is 0 Å². The quantitative estimate of drug-likeness (QED) is 0.905. The van der Waals surface area contributed by atoms with Gasteiger partial charge in [-0.2, -0.15) is 0 Å². The van der Waals surface area contributed by atoms with Gasteiger partial charge in [-0.1, -0.05) is 30.1 Å². The third-order valence-electron chi connectivity index (χ3n) is 2.44. The summed E-state index contributed by atoms with van der Waals surface area (Å²) in [5, 5.41) is 9.31. The molecule has 1 aromatic heterocycles. The van der Waals surface area contributed by atoms with Crippen molar-refractivity contribution in [2.24, 2.45) is 7.05 Å². The van der Waals surface area contributed by atoms with Gasteiger partial charge in [0.2, 0.25) is 0 Å². The summed E-state index contributed by atoms with van der Waals surface area (Å²) in [6, 6.07) is 1.44. The second kappa shape index (κ2) is 6.11. The molecule has 0 aliphatic heterocycles. The molecule has 1 amide bonds. The maximum atomic E-state index is 12.2. The molecule has 0 atom stereocenters. The van der Waals surface area contributed by atoms with Gasteiger partial charge in [-0.15, -0.1) is 0 Å². The van der Waals surface area contributed by atoms with Crippen LogP contribution in [0.2, 0.25) is 10.2 Å². The standard InChI is InChI=1S/C11H14Cl2N2O3/c1-3-4-15(6-9(16)17)11(18)8-5-7(12)10(13)14(8)2/h5H,3-4,6H2,1-2H3,(H,16,17). The number of rotatable bonds is 5. The summed E-state index contributed by atoms with van der Waals surface area (Å²) < 4.78 is 1.44. The summed E-state index contributed by atoms with van der Waals surface area (Å²) in [4.78, 5) is 24.2. The molecule has 18 heavy (non-hydrogen) atoms. The van der Waals surface area contributed by atoms with E-state index >= 15 is 0 Å². The molecule has 0 aliphatic carbocycles. The van der Waals surface area contributed by atoms with Crippen molar-refractivity contribution in [3.63, 3.8) is 0 Å². The minimum absolute atomic E-state index is 0.256. The Bertz CT molecular complexity index is 471. The Morgan fingerprint density at radius 1 is 1.44 bits per heavy atom. The first kappa shape index (κ1) is 14.9. The van der Waals surface area contributed by atoms with Gasteiger partial charge in [-0.25, -0.2) is 0 Å². The maximum Gasteiger partial charge on any atom is 0.323 e. The topological polar surface area (TPSA) is 62.5 Å². The molecule has 5 nitrogen and oxygen atoms in total. The molecule has 0 radical (unpaired) electrons. The molecule has 1 heterocycles. The number of amides is 1. The fourth-order valence-electron chi connectivity index (χ4n) is 1.60. The molecule has 0 aromatic carbocycles. The van der Waals surface area contributed by atoms with Crippen LogP contribution in [-0.4, -0.2) is 39.5 Å². The van der Waals surface area contributed by atoms with Gasteiger partial charge in [0.1, 0.15) is 17.4 Å². The molecule has 0 saturated carbocycles. The van der Waals surface area contributed by atoms with Crippen LogP contribution in [0.15, 0.2) is 6.07 Å². The van der Waals surface area contributed by atoms with Crippen molar-refractivity contribution in [3.8, 4) is 0 Å². The van der Waals surface area contributed by atoms with Crippen LogP contribution in [0.5, 0.6) is 0 Å². The molecule has 0 fully saturated rings. The molecule has 0 bridgehead atoms. The van der Waals surface area contributed by atoms with E-state index in [1.54, 1.807) is 7.05 Å². The number of halogens is 2. The number of aromatic nitrogens is 1. The van der Waals surface area contributed by atoms with E-state index < -0.39 is 11.9 Å². The number of aliphatic carboxylic acids is 1. The lowest BCUT2D eigenvalue weighted by atomic mass is 10.3. The van der Waals surface area contributed by atoms with Gasteiger partial charge < -0.3 is 14.6 Å². The number of nitrogens with zero attached hydrogens (tertiary/aromatic N) is 2. The Morgan fingerprint density at radius 2 is 2.06 bits per heavy atom. The summed E-state index contributed by atoms with van der Waals surface area (Å²) in [6.45, 7) is 1.89. The number of hydrogen-bond acceptors (Lipinski definition) is 2. The summed E-state index contributed by atoms with van der Waals surface area (Å²) in [6.07, 6.45) is 0.672. The number of carbonyl (C=O) groups excluding carboxylic acids is 1. The van der Waals surface area contributed by atoms with Crippen LogP contribution in [0.3, 0.4) is 0 Å². The average molecular weight is 293 g/mol. The van der Waals surface area contributed by atoms with Crippen molar-refractivity contribution in [2.75, 3.05) is 13.1 Å². The van der Waals surface area contributed by atoms with Crippen molar-refractivity contribution >= 4 is 35.1 Å². The normalized spacial score (nSPS) is 10.4. The van der Waals surface area contributed by atoms with Crippen LogP contribution in [0.1, 0.15) is 23.8 Å². The average Bonchev–Trinajstić information content (AvgIpc) is 2.55. The highest BCUT2D eigenvalue weighted by atomic mass is 35.5. The molecule has 0 saturated heterocycles. The van der Waals surface area contributed by atoms with E-state index in [-0.39, 0.29) is 22.4 Å². The Kier molecular flexibility index (Phi) is 5.04. The van der Waals surface area contributed by atoms with Crippen LogP contribution >= 0.6 is 23.2 Å². The van der Waals surface area contributed by atoms with Gasteiger partial charge in [-0.05, 0) is 12.5 Å². The second-order valence-electron chi connectivity index (χ2n) is 3.85. The lowest BCUT2D eigenvalue weighted by Crippen LogP contribution is -2.37. The van der Waals surface area contributed by atoms with E-state index in [4.69, 9.17) is 28.3 Å². The molecule has 0 aliphatic rings. The molecular weight excluding hydrogens is 279 g/mol. The van der Waals surface area contributed by atoms with E-state index in [0.717, 1.165) is 0 Å². The number of carboxylic acids is 1. The van der Waals surface area contributed by atoms with Crippen LogP contribution in [0.4, 0.5) is 0 Å². The molecule has 1 N–H and O–H groups in total. The Morgan fingerprint density at radius 3 is 2.44 bits per heavy atom. The second-order valence-corrected chi connectivity index (χ2v) is 4.61. The highest BCUT2D eigenvalue weighted by Crippen LogP contribution is 2.25. The SMILES string of the molecule is CCCN(CC(=O)O)C(=O)c1cc(Cl)c(Cl)n1C. The maximum absolute atomic E-state index is 12.2. The van der Waals surface area contributed by atoms with Crippen molar-refractivity contribution in [2.45, 2.75) is 13.3 Å². The fraction of sp³-hybridized carbons (Fsp3) is 0.455. The van der Waals surface area contributed by atoms with Crippen molar-refractivity contribution in [1.29, 1.82) is 0 Å². The van der Waals surface area contributed by atoms with E-state index in [0.29, 0.717) is 13.0 Å². The van der Waals surface area contributed by atoms with Gasteiger partial charge in [-0.3, -0.25) is 9.59 Å². The highest BCUT2D eigenvalue weighted by Gasteiger charge is 2.22. The molecule has 1 aromatic rings. The first-order chi connectivity index (χ1) is 8.38. The minimum Gasteiger partial charge on any atom is -0.480 e. The Balaban J connectivity index is 3.01. The van der Waals surface area contributed by atoms with Crippen LogP contribution < -0.4 is 0 Å². The van der Waals surface area contributed by atoms with Crippen molar-refractivity contribution in [1.82, 2.24) is 9.47 Å². The third kappa shape index (κ3) is 3.17. The molecule has 100 valence electrons. The lowest BCUT2D eigenvalue weighted by molar-refractivity contribution is -0.137. The zero-order valence-electron chi connectivity index (χ0n) is 10.1. The largest absolute Gasteiger partial charge is 0.480 e. The van der Waals surface area contributed by atoms with Crippen molar-refractivity contribution < 1.29 is 14.7 Å². The van der Waals surface area contributed by atoms with E-state index in [1.807, 2.05) is 6.92 Å². The molecule has 0 spiro atoms. The van der Waals surface area contributed by atoms with Gasteiger partial charge in [0, 0.05) is 13.6 Å². The van der Waals surface area contributed by atoms with E-state index in [9.17, 15) is 9.59 Å². The summed E-state index contributed by atoms with van der Waals surface area (Å²) in [5.41, 5.74) is 0.278. The fourth-order valence-corrected chi connectivity index (χ4v) is 1.97. The lowest BCUT2D eigenvalue weighted by Gasteiger charge is -2.20. The van der Waals surface area contributed by atoms with Crippen LogP contribution in [0, 0.1) is 0 Å². The zero-order chi connectivity index (χ0) is 13.9. The third-order valence-corrected chi connectivity index (χ3v) is 3.28. The summed E-state index contributed by atoms with van der Waals surface area (Å²) in [7, 11) is 1.60. The first-order valence-electron chi connectivity index (χ1n) is 5.40. The summed E-state index contributed by atoms with van der Waals surface area (Å²) in [5.74, 6) is -1.45. The molecule has 7 heteroatoms. The van der Waals surface area contributed by atoms with Crippen molar-refractivity contribution in [3.05, 3.63) is 21.9 Å². The molecular formula is C11H14Cl2N2O3. The van der Waals surface area contributed by atoms with Gasteiger partial charge >= 0.3 is 5.97 Å². The molecule has 0 unspecified atom stereocenters. The zero-order valence-corrected chi connectivity index (χ0v) is 11.6. The monoisotopic (exact) mass is 292 g/mol. The van der Waals surface area contributed by atoms with E-state index in [1.165, 1.54) is 15.5 Å². The summed E-state index contributed by atoms with van der Waals surface area (Å²) >= 11 is 11.7. The highest BCUT2D eigenvalue weighted by molar-refractivity contribution is 6.41.